The maximum Gasteiger partial charge on any atom is 0.165 e. The van der Waals surface area contributed by atoms with Gasteiger partial charge in [0.2, 0.25) is 0 Å². The number of nitrogens with zero attached hydrogens (tertiary/aromatic N) is 4. The summed E-state index contributed by atoms with van der Waals surface area (Å²) in [4.78, 5) is 12.9. The Balaban J connectivity index is 1.77. The van der Waals surface area contributed by atoms with Crippen LogP contribution >= 0.6 is 0 Å². The Bertz CT molecular complexity index is 1120. The molecule has 3 aromatic carbocycles. The highest BCUT2D eigenvalue weighted by molar-refractivity contribution is 5.96. The lowest BCUT2D eigenvalue weighted by atomic mass is 9.97. The molecular weight excluding hydrogens is 336 g/mol. The van der Waals surface area contributed by atoms with E-state index in [4.69, 9.17) is 5.26 Å². The van der Waals surface area contributed by atoms with Gasteiger partial charge in [0.05, 0.1) is 23.2 Å². The highest BCUT2D eigenvalue weighted by Gasteiger charge is 2.22. The predicted octanol–water partition coefficient (Wildman–Crippen LogP) is 4.17. The van der Waals surface area contributed by atoms with Crippen LogP contribution in [0, 0.1) is 11.3 Å². The molecule has 0 fully saturated rings. The fourth-order valence-corrected chi connectivity index (χ4v) is 3.16. The minimum atomic E-state index is -0.308. The number of fused-ring (bicyclic) bond motifs is 1. The fourth-order valence-electron chi connectivity index (χ4n) is 3.16. The molecule has 0 bridgehead atoms. The van der Waals surface area contributed by atoms with Gasteiger partial charge in [-0.2, -0.15) is 5.26 Å². The molecule has 0 amide bonds. The quantitative estimate of drug-likeness (QED) is 0.506. The van der Waals surface area contributed by atoms with Crippen LogP contribution in [-0.4, -0.2) is 20.8 Å². The van der Waals surface area contributed by atoms with E-state index in [-0.39, 0.29) is 18.2 Å². The largest absolute Gasteiger partial charge is 0.294 e. The average Bonchev–Trinajstić information content (AvgIpc) is 3.16. The van der Waals surface area contributed by atoms with Gasteiger partial charge in [-0.25, -0.2) is 4.68 Å². The van der Waals surface area contributed by atoms with Crippen LogP contribution in [0.3, 0.4) is 0 Å². The van der Waals surface area contributed by atoms with Crippen LogP contribution in [0.25, 0.3) is 11.0 Å². The molecular formula is C22H16N4O. The van der Waals surface area contributed by atoms with Crippen molar-refractivity contribution in [2.45, 2.75) is 12.5 Å². The number of aromatic nitrogens is 3. The van der Waals surface area contributed by atoms with Crippen molar-refractivity contribution in [3.05, 3.63) is 95.6 Å². The first kappa shape index (κ1) is 16.7. The van der Waals surface area contributed by atoms with Gasteiger partial charge in [-0.3, -0.25) is 4.79 Å². The zero-order chi connectivity index (χ0) is 18.6. The second kappa shape index (κ2) is 7.22. The third-order valence-corrected chi connectivity index (χ3v) is 4.57. The van der Waals surface area contributed by atoms with E-state index in [0.29, 0.717) is 11.1 Å². The first-order valence-corrected chi connectivity index (χ1v) is 8.64. The van der Waals surface area contributed by atoms with E-state index in [9.17, 15) is 4.79 Å². The highest BCUT2D eigenvalue weighted by atomic mass is 16.1. The number of rotatable bonds is 5. The molecule has 0 spiro atoms. The van der Waals surface area contributed by atoms with Crippen molar-refractivity contribution in [3.63, 3.8) is 0 Å². The highest BCUT2D eigenvalue weighted by Crippen LogP contribution is 2.27. The summed E-state index contributed by atoms with van der Waals surface area (Å²) in [5.41, 5.74) is 3.81. The lowest BCUT2D eigenvalue weighted by Crippen LogP contribution is -2.17. The Morgan fingerprint density at radius 3 is 2.41 bits per heavy atom. The number of carbonyl (C=O) groups is 1. The maximum absolute atomic E-state index is 12.9. The number of ketones is 1. The third-order valence-electron chi connectivity index (χ3n) is 4.57. The zero-order valence-electron chi connectivity index (χ0n) is 14.5. The number of carbonyl (C=O) groups excluding carboxylic acids is 1. The molecule has 0 saturated heterocycles. The molecule has 1 unspecified atom stereocenters. The Labute approximate surface area is 156 Å². The van der Waals surface area contributed by atoms with Crippen molar-refractivity contribution in [3.8, 4) is 6.07 Å². The summed E-state index contributed by atoms with van der Waals surface area (Å²) in [6.45, 7) is 0. The normalized spacial score (nSPS) is 11.8. The Morgan fingerprint density at radius 2 is 1.67 bits per heavy atom. The third kappa shape index (κ3) is 3.33. The summed E-state index contributed by atoms with van der Waals surface area (Å²) in [5, 5.41) is 17.6. The van der Waals surface area contributed by atoms with E-state index in [2.05, 4.69) is 16.4 Å². The molecule has 5 heteroatoms. The molecule has 5 nitrogen and oxygen atoms in total. The summed E-state index contributed by atoms with van der Waals surface area (Å²) >= 11 is 0. The van der Waals surface area contributed by atoms with E-state index >= 15 is 0 Å². The van der Waals surface area contributed by atoms with Crippen LogP contribution in [0.4, 0.5) is 0 Å². The molecule has 0 aliphatic carbocycles. The van der Waals surface area contributed by atoms with Crippen molar-refractivity contribution in [2.75, 3.05) is 0 Å². The number of hydrogen-bond donors (Lipinski definition) is 0. The van der Waals surface area contributed by atoms with E-state index in [1.807, 2.05) is 66.7 Å². The van der Waals surface area contributed by atoms with Crippen LogP contribution in [-0.2, 0) is 0 Å². The molecule has 1 heterocycles. The van der Waals surface area contributed by atoms with E-state index in [1.54, 1.807) is 16.8 Å². The van der Waals surface area contributed by atoms with Crippen molar-refractivity contribution in [2.24, 2.45) is 0 Å². The molecule has 4 aromatic rings. The van der Waals surface area contributed by atoms with Crippen molar-refractivity contribution in [1.82, 2.24) is 15.0 Å². The van der Waals surface area contributed by atoms with Gasteiger partial charge in [0, 0.05) is 12.0 Å². The molecule has 130 valence electrons. The monoisotopic (exact) mass is 352 g/mol. The number of benzene rings is 3. The topological polar surface area (TPSA) is 71.6 Å². The van der Waals surface area contributed by atoms with Gasteiger partial charge in [-0.15, -0.1) is 5.10 Å². The van der Waals surface area contributed by atoms with Crippen LogP contribution in [0.2, 0.25) is 0 Å². The first-order valence-electron chi connectivity index (χ1n) is 8.64. The van der Waals surface area contributed by atoms with Gasteiger partial charge in [-0.05, 0) is 29.8 Å². The SMILES string of the molecule is N#Cc1ccc(C(CC(=O)c2ccccc2)n2nnc3ccccc32)cc1. The van der Waals surface area contributed by atoms with Gasteiger partial charge in [0.15, 0.2) is 5.78 Å². The second-order valence-electron chi connectivity index (χ2n) is 6.27. The summed E-state index contributed by atoms with van der Waals surface area (Å²) < 4.78 is 1.79. The van der Waals surface area contributed by atoms with Crippen molar-refractivity contribution < 1.29 is 4.79 Å². The molecule has 27 heavy (non-hydrogen) atoms. The molecule has 0 radical (unpaired) electrons. The summed E-state index contributed by atoms with van der Waals surface area (Å²) in [6, 6.07) is 26.0. The summed E-state index contributed by atoms with van der Waals surface area (Å²) in [6.07, 6.45) is 0.253. The Morgan fingerprint density at radius 1 is 0.963 bits per heavy atom. The predicted molar refractivity (Wildman–Crippen MR) is 102 cm³/mol. The van der Waals surface area contributed by atoms with Crippen LogP contribution in [0.5, 0.6) is 0 Å². The van der Waals surface area contributed by atoms with E-state index < -0.39 is 0 Å². The average molecular weight is 352 g/mol. The maximum atomic E-state index is 12.9. The summed E-state index contributed by atoms with van der Waals surface area (Å²) in [7, 11) is 0. The lowest BCUT2D eigenvalue weighted by Gasteiger charge is -2.18. The van der Waals surface area contributed by atoms with Gasteiger partial charge >= 0.3 is 0 Å². The van der Waals surface area contributed by atoms with Crippen LogP contribution in [0.1, 0.15) is 33.9 Å². The van der Waals surface area contributed by atoms with E-state index in [1.165, 1.54) is 0 Å². The lowest BCUT2D eigenvalue weighted by molar-refractivity contribution is 0.0968. The van der Waals surface area contributed by atoms with E-state index in [0.717, 1.165) is 16.6 Å². The number of hydrogen-bond acceptors (Lipinski definition) is 4. The standard InChI is InChI=1S/C22H16N4O/c23-15-16-10-12-17(13-11-16)21(14-22(27)18-6-2-1-3-7-18)26-20-9-5-4-8-19(20)24-25-26/h1-13,21H,14H2. The zero-order valence-corrected chi connectivity index (χ0v) is 14.5. The smallest absolute Gasteiger partial charge is 0.165 e. The Hall–Kier alpha value is -3.78. The second-order valence-corrected chi connectivity index (χ2v) is 6.27. The van der Waals surface area contributed by atoms with Crippen LogP contribution in [0.15, 0.2) is 78.9 Å². The fraction of sp³-hybridized carbons (Fsp3) is 0.0909. The molecule has 0 aliphatic heterocycles. The number of para-hydroxylation sites is 1. The minimum Gasteiger partial charge on any atom is -0.294 e. The van der Waals surface area contributed by atoms with Gasteiger partial charge in [0.25, 0.3) is 0 Å². The molecule has 0 N–H and O–H groups in total. The molecule has 0 aliphatic rings. The molecule has 1 atom stereocenters. The summed E-state index contributed by atoms with van der Waals surface area (Å²) in [5.74, 6) is 0.0320. The van der Waals surface area contributed by atoms with Crippen molar-refractivity contribution >= 4 is 16.8 Å². The Kier molecular flexibility index (Phi) is 4.46. The van der Waals surface area contributed by atoms with Gasteiger partial charge in [0.1, 0.15) is 5.52 Å². The molecule has 1 aromatic heterocycles. The van der Waals surface area contributed by atoms with Crippen molar-refractivity contribution in [1.29, 1.82) is 5.26 Å². The number of nitriles is 1. The molecule has 0 saturated carbocycles. The molecule has 4 rings (SSSR count). The van der Waals surface area contributed by atoms with Crippen LogP contribution < -0.4 is 0 Å². The first-order chi connectivity index (χ1) is 13.3. The van der Waals surface area contributed by atoms with Gasteiger partial charge in [-0.1, -0.05) is 59.8 Å². The minimum absolute atomic E-state index is 0.0320. The number of Topliss-reactive ketones (excluding diaryl/α,β-unsaturated/α-hetero) is 1. The van der Waals surface area contributed by atoms with Gasteiger partial charge < -0.3 is 0 Å².